The first-order chi connectivity index (χ1) is 5.45. The van der Waals surface area contributed by atoms with Crippen molar-refractivity contribution in [3.8, 4) is 0 Å². The average molecular weight is 150 g/mol. The van der Waals surface area contributed by atoms with Gasteiger partial charge >= 0.3 is 0 Å². The van der Waals surface area contributed by atoms with E-state index in [-0.39, 0.29) is 0 Å². The lowest BCUT2D eigenvalue weighted by Gasteiger charge is -2.28. The molecule has 0 saturated carbocycles. The van der Waals surface area contributed by atoms with Crippen LogP contribution in [0.1, 0.15) is 0 Å². The second-order valence-electron chi connectivity index (χ2n) is 2.59. The summed E-state index contributed by atoms with van der Waals surface area (Å²) in [6.07, 6.45) is 3.29. The van der Waals surface area contributed by atoms with Gasteiger partial charge in [-0.05, 0) is 6.07 Å². The van der Waals surface area contributed by atoms with E-state index < -0.39 is 0 Å². The third-order valence-electron chi connectivity index (χ3n) is 1.72. The summed E-state index contributed by atoms with van der Waals surface area (Å²) in [7, 11) is 0. The maximum Gasteiger partial charge on any atom is 0.129 e. The van der Waals surface area contributed by atoms with Crippen molar-refractivity contribution < 1.29 is 0 Å². The van der Waals surface area contributed by atoms with E-state index >= 15 is 0 Å². The molecular weight excluding hydrogens is 140 g/mol. The van der Waals surface area contributed by atoms with E-state index in [0.717, 1.165) is 18.9 Å². The van der Waals surface area contributed by atoms with Crippen LogP contribution in [0.15, 0.2) is 18.6 Å². The number of hydrogen-bond acceptors (Lipinski definition) is 4. The van der Waals surface area contributed by atoms with Crippen LogP contribution in [0.2, 0.25) is 0 Å². The summed E-state index contributed by atoms with van der Waals surface area (Å²) in [5, 5.41) is 6.44. The molecule has 1 saturated heterocycles. The first-order valence-corrected chi connectivity index (χ1v) is 3.68. The lowest BCUT2D eigenvalue weighted by atomic mass is 10.2. The number of nitrogens with zero attached hydrogens (tertiary/aromatic N) is 2. The Morgan fingerprint density at radius 1 is 1.55 bits per heavy atom. The van der Waals surface area contributed by atoms with Gasteiger partial charge in [-0.3, -0.25) is 0 Å². The van der Waals surface area contributed by atoms with Gasteiger partial charge in [0.15, 0.2) is 0 Å². The molecule has 2 N–H and O–H groups in total. The summed E-state index contributed by atoms with van der Waals surface area (Å²) >= 11 is 0. The quantitative estimate of drug-likeness (QED) is 0.616. The fraction of sp³-hybridized carbons (Fsp3) is 0.429. The molecule has 2 rings (SSSR count). The Kier molecular flexibility index (Phi) is 1.69. The number of nitrogens with one attached hydrogen (secondary N) is 2. The van der Waals surface area contributed by atoms with Gasteiger partial charge in [0.2, 0.25) is 0 Å². The van der Waals surface area contributed by atoms with Crippen LogP contribution >= 0.6 is 0 Å². The van der Waals surface area contributed by atoms with Crippen LogP contribution in [0.4, 0.5) is 5.82 Å². The molecule has 4 nitrogen and oxygen atoms in total. The highest BCUT2D eigenvalue weighted by molar-refractivity contribution is 5.34. The molecule has 0 aromatic carbocycles. The molecule has 0 bridgehead atoms. The highest BCUT2D eigenvalue weighted by Crippen LogP contribution is 2.03. The highest BCUT2D eigenvalue weighted by atomic mass is 15.1. The first-order valence-electron chi connectivity index (χ1n) is 3.68. The van der Waals surface area contributed by atoms with Crippen molar-refractivity contribution in [2.24, 2.45) is 0 Å². The van der Waals surface area contributed by atoms with Crippen molar-refractivity contribution in [3.05, 3.63) is 18.6 Å². The molecule has 4 heteroatoms. The van der Waals surface area contributed by atoms with Crippen LogP contribution in [0, 0.1) is 0 Å². The van der Waals surface area contributed by atoms with E-state index in [2.05, 4.69) is 20.6 Å². The summed E-state index contributed by atoms with van der Waals surface area (Å²) in [6.45, 7) is 2.06. The zero-order valence-electron chi connectivity index (χ0n) is 6.12. The lowest BCUT2D eigenvalue weighted by molar-refractivity contribution is 0.471. The minimum Gasteiger partial charge on any atom is -0.365 e. The van der Waals surface area contributed by atoms with Crippen molar-refractivity contribution in [2.75, 3.05) is 18.4 Å². The van der Waals surface area contributed by atoms with Crippen molar-refractivity contribution in [2.45, 2.75) is 6.04 Å². The molecule has 1 aliphatic heterocycles. The van der Waals surface area contributed by atoms with Crippen LogP contribution in [-0.2, 0) is 0 Å². The maximum atomic E-state index is 4.05. The first kappa shape index (κ1) is 6.54. The predicted molar refractivity (Wildman–Crippen MR) is 42.3 cm³/mol. The second-order valence-corrected chi connectivity index (χ2v) is 2.59. The van der Waals surface area contributed by atoms with Gasteiger partial charge in [-0.25, -0.2) is 9.97 Å². The summed E-state index contributed by atoms with van der Waals surface area (Å²) in [5.74, 6) is 0.909. The Hall–Kier alpha value is -1.16. The zero-order valence-corrected chi connectivity index (χ0v) is 6.12. The Morgan fingerprint density at radius 3 is 3.00 bits per heavy atom. The number of aromatic nitrogens is 2. The number of rotatable bonds is 2. The van der Waals surface area contributed by atoms with E-state index in [1.54, 1.807) is 12.5 Å². The molecule has 0 amide bonds. The van der Waals surface area contributed by atoms with Gasteiger partial charge in [-0.15, -0.1) is 0 Å². The van der Waals surface area contributed by atoms with Crippen LogP contribution in [-0.4, -0.2) is 29.1 Å². The minimum absolute atomic E-state index is 0.546. The SMILES string of the molecule is c1cc(NC2CNC2)ncn1. The normalized spacial score (nSPS) is 17.5. The molecule has 0 aliphatic carbocycles. The molecule has 58 valence electrons. The van der Waals surface area contributed by atoms with Crippen LogP contribution in [0.25, 0.3) is 0 Å². The van der Waals surface area contributed by atoms with Crippen LogP contribution in [0.5, 0.6) is 0 Å². The standard InChI is InChI=1S/C7H10N4/c1-2-8-5-10-7(1)11-6-3-9-4-6/h1-2,5-6,9H,3-4H2,(H,8,10,11). The third-order valence-corrected chi connectivity index (χ3v) is 1.72. The Bertz CT molecular complexity index is 219. The fourth-order valence-corrected chi connectivity index (χ4v) is 0.976. The number of anilines is 1. The van der Waals surface area contributed by atoms with E-state index in [9.17, 15) is 0 Å². The van der Waals surface area contributed by atoms with E-state index in [0.29, 0.717) is 6.04 Å². The van der Waals surface area contributed by atoms with Gasteiger partial charge in [0.05, 0.1) is 6.04 Å². The van der Waals surface area contributed by atoms with Gasteiger partial charge < -0.3 is 10.6 Å². The predicted octanol–water partition coefficient (Wildman–Crippen LogP) is -0.140. The van der Waals surface area contributed by atoms with Gasteiger partial charge in [-0.1, -0.05) is 0 Å². The highest BCUT2D eigenvalue weighted by Gasteiger charge is 2.15. The molecule has 0 unspecified atom stereocenters. The molecule has 0 spiro atoms. The molecule has 1 aromatic rings. The summed E-state index contributed by atoms with van der Waals surface area (Å²) < 4.78 is 0. The summed E-state index contributed by atoms with van der Waals surface area (Å²) in [4.78, 5) is 7.88. The van der Waals surface area contributed by atoms with Gasteiger partial charge in [0.1, 0.15) is 12.1 Å². The van der Waals surface area contributed by atoms with Crippen molar-refractivity contribution in [1.82, 2.24) is 15.3 Å². The Labute approximate surface area is 65.1 Å². The van der Waals surface area contributed by atoms with Gasteiger partial charge in [0.25, 0.3) is 0 Å². The lowest BCUT2D eigenvalue weighted by Crippen LogP contribution is -2.51. The van der Waals surface area contributed by atoms with E-state index in [4.69, 9.17) is 0 Å². The topological polar surface area (TPSA) is 49.8 Å². The van der Waals surface area contributed by atoms with E-state index in [1.165, 1.54) is 0 Å². The molecule has 1 aromatic heterocycles. The fourth-order valence-electron chi connectivity index (χ4n) is 0.976. The largest absolute Gasteiger partial charge is 0.365 e. The van der Waals surface area contributed by atoms with E-state index in [1.807, 2.05) is 6.07 Å². The minimum atomic E-state index is 0.546. The Morgan fingerprint density at radius 2 is 2.45 bits per heavy atom. The van der Waals surface area contributed by atoms with Crippen molar-refractivity contribution >= 4 is 5.82 Å². The van der Waals surface area contributed by atoms with Crippen LogP contribution in [0.3, 0.4) is 0 Å². The number of hydrogen-bond donors (Lipinski definition) is 2. The molecule has 2 heterocycles. The Balaban J connectivity index is 1.95. The van der Waals surface area contributed by atoms with Crippen LogP contribution < -0.4 is 10.6 Å². The molecule has 1 aliphatic rings. The molecule has 0 atom stereocenters. The summed E-state index contributed by atoms with van der Waals surface area (Å²) in [6, 6.07) is 2.42. The summed E-state index contributed by atoms with van der Waals surface area (Å²) in [5.41, 5.74) is 0. The zero-order chi connectivity index (χ0) is 7.52. The third kappa shape index (κ3) is 1.46. The van der Waals surface area contributed by atoms with Gasteiger partial charge in [0, 0.05) is 19.3 Å². The van der Waals surface area contributed by atoms with Gasteiger partial charge in [-0.2, -0.15) is 0 Å². The maximum absolute atomic E-state index is 4.05. The molecular formula is C7H10N4. The monoisotopic (exact) mass is 150 g/mol. The molecule has 0 radical (unpaired) electrons. The van der Waals surface area contributed by atoms with Crippen molar-refractivity contribution in [1.29, 1.82) is 0 Å². The molecule has 11 heavy (non-hydrogen) atoms. The second kappa shape index (κ2) is 2.84. The smallest absolute Gasteiger partial charge is 0.129 e. The molecule has 1 fully saturated rings. The van der Waals surface area contributed by atoms with Crippen molar-refractivity contribution in [3.63, 3.8) is 0 Å². The average Bonchev–Trinajstić information content (AvgIpc) is 1.99.